The van der Waals surface area contributed by atoms with Crippen molar-refractivity contribution in [1.82, 2.24) is 15.0 Å². The average molecular weight is 394 g/mol. The predicted molar refractivity (Wildman–Crippen MR) is 121 cm³/mol. The molecule has 0 aliphatic heterocycles. The van der Waals surface area contributed by atoms with Gasteiger partial charge in [-0.05, 0) is 55.2 Å². The molecule has 0 aliphatic carbocycles. The second kappa shape index (κ2) is 11.0. The molecule has 4 nitrogen and oxygen atoms in total. The quantitative estimate of drug-likeness (QED) is 0.341. The summed E-state index contributed by atoms with van der Waals surface area (Å²) in [5.41, 5.74) is 4.65. The van der Waals surface area contributed by atoms with Crippen molar-refractivity contribution in [2.75, 3.05) is 0 Å². The minimum absolute atomic E-state index is 0.242. The van der Waals surface area contributed by atoms with Gasteiger partial charge in [-0.2, -0.15) is 0 Å². The first-order valence-electron chi connectivity index (χ1n) is 11.3. The Morgan fingerprint density at radius 2 is 1.41 bits per heavy atom. The number of phenolic OH excluding ortho intramolecular Hbond substituents is 1. The molecule has 0 aliphatic rings. The van der Waals surface area contributed by atoms with Crippen LogP contribution in [0.3, 0.4) is 0 Å². The first-order chi connectivity index (χ1) is 14.2. The predicted octanol–water partition coefficient (Wildman–Crippen LogP) is 6.90. The second-order valence-electron chi connectivity index (χ2n) is 8.24. The zero-order chi connectivity index (χ0) is 20.5. The van der Waals surface area contributed by atoms with Gasteiger partial charge in [0, 0.05) is 0 Å². The second-order valence-corrected chi connectivity index (χ2v) is 8.24. The lowest BCUT2D eigenvalue weighted by Crippen LogP contribution is -1.99. The summed E-state index contributed by atoms with van der Waals surface area (Å²) in [7, 11) is 0. The number of rotatable bonds is 12. The van der Waals surface area contributed by atoms with E-state index in [0.717, 1.165) is 23.0 Å². The number of hydrogen-bond donors (Lipinski definition) is 1. The van der Waals surface area contributed by atoms with Crippen LogP contribution in [0, 0.1) is 6.92 Å². The third kappa shape index (κ3) is 6.31. The zero-order valence-electron chi connectivity index (χ0n) is 18.0. The molecular formula is C25H35N3O. The Hall–Kier alpha value is -2.36. The third-order valence-electron chi connectivity index (χ3n) is 5.61. The van der Waals surface area contributed by atoms with Crippen LogP contribution in [0.4, 0.5) is 0 Å². The van der Waals surface area contributed by atoms with Crippen molar-refractivity contribution in [1.29, 1.82) is 0 Å². The Kier molecular flexibility index (Phi) is 8.09. The van der Waals surface area contributed by atoms with Gasteiger partial charge < -0.3 is 5.11 Å². The lowest BCUT2D eigenvalue weighted by Gasteiger charge is -2.07. The standard InChI is InChI=1S/C25H35N3O/c1-3-4-5-6-7-8-9-10-11-12-13-21-15-17-24(25(29)19-21)28-26-22-16-14-20(2)18-23(22)27-28/h14-19,29H,3-13H2,1-2H3. The molecule has 0 spiro atoms. The molecule has 2 aromatic carbocycles. The van der Waals surface area contributed by atoms with Crippen molar-refractivity contribution in [2.24, 2.45) is 0 Å². The van der Waals surface area contributed by atoms with Crippen molar-refractivity contribution in [3.05, 3.63) is 47.5 Å². The molecule has 0 bridgehead atoms. The summed E-state index contributed by atoms with van der Waals surface area (Å²) < 4.78 is 0. The maximum Gasteiger partial charge on any atom is 0.143 e. The maximum atomic E-state index is 10.5. The summed E-state index contributed by atoms with van der Waals surface area (Å²) in [6.45, 7) is 4.31. The van der Waals surface area contributed by atoms with Crippen LogP contribution in [0.25, 0.3) is 16.7 Å². The SMILES string of the molecule is CCCCCCCCCCCCc1ccc(-n2nc3ccc(C)cc3n2)c(O)c1. The molecule has 1 heterocycles. The third-order valence-corrected chi connectivity index (χ3v) is 5.61. The van der Waals surface area contributed by atoms with E-state index in [1.807, 2.05) is 37.3 Å². The van der Waals surface area contributed by atoms with E-state index in [1.165, 1.54) is 74.6 Å². The number of fused-ring (bicyclic) bond motifs is 1. The molecule has 1 aromatic heterocycles. The van der Waals surface area contributed by atoms with E-state index in [0.29, 0.717) is 5.69 Å². The van der Waals surface area contributed by atoms with Crippen LogP contribution < -0.4 is 0 Å². The van der Waals surface area contributed by atoms with Crippen LogP contribution in [0.2, 0.25) is 0 Å². The fraction of sp³-hybridized carbons (Fsp3) is 0.520. The monoisotopic (exact) mass is 393 g/mol. The van der Waals surface area contributed by atoms with Crippen molar-refractivity contribution < 1.29 is 5.11 Å². The minimum atomic E-state index is 0.242. The van der Waals surface area contributed by atoms with Gasteiger partial charge in [-0.25, -0.2) is 0 Å². The van der Waals surface area contributed by atoms with Crippen LogP contribution >= 0.6 is 0 Å². The van der Waals surface area contributed by atoms with Crippen LogP contribution in [0.15, 0.2) is 36.4 Å². The van der Waals surface area contributed by atoms with Crippen molar-refractivity contribution >= 4 is 11.0 Å². The first-order valence-corrected chi connectivity index (χ1v) is 11.3. The summed E-state index contributed by atoms with van der Waals surface area (Å²) in [6.07, 6.45) is 14.4. The summed E-state index contributed by atoms with van der Waals surface area (Å²) in [5, 5.41) is 19.5. The Morgan fingerprint density at radius 3 is 2.10 bits per heavy atom. The number of nitrogens with zero attached hydrogens (tertiary/aromatic N) is 3. The van der Waals surface area contributed by atoms with Gasteiger partial charge in [-0.3, -0.25) is 0 Å². The fourth-order valence-electron chi connectivity index (χ4n) is 3.84. The van der Waals surface area contributed by atoms with Gasteiger partial charge in [0.2, 0.25) is 0 Å². The molecule has 29 heavy (non-hydrogen) atoms. The molecule has 0 amide bonds. The van der Waals surface area contributed by atoms with Gasteiger partial charge in [0.05, 0.1) is 0 Å². The Balaban J connectivity index is 1.43. The van der Waals surface area contributed by atoms with Crippen molar-refractivity contribution in [2.45, 2.75) is 84.5 Å². The number of benzene rings is 2. The van der Waals surface area contributed by atoms with E-state index in [2.05, 4.69) is 23.2 Å². The Bertz CT molecular complexity index is 900. The van der Waals surface area contributed by atoms with Crippen LogP contribution in [-0.4, -0.2) is 20.1 Å². The lowest BCUT2D eigenvalue weighted by molar-refractivity contribution is 0.466. The topological polar surface area (TPSA) is 50.9 Å². The summed E-state index contributed by atoms with van der Waals surface area (Å²) >= 11 is 0. The van der Waals surface area contributed by atoms with Gasteiger partial charge in [0.1, 0.15) is 22.5 Å². The number of phenols is 1. The number of aromatic hydroxyl groups is 1. The lowest BCUT2D eigenvalue weighted by atomic mass is 10.0. The van der Waals surface area contributed by atoms with E-state index in [-0.39, 0.29) is 5.75 Å². The van der Waals surface area contributed by atoms with Crippen molar-refractivity contribution in [3.8, 4) is 11.4 Å². The number of aromatic nitrogens is 3. The van der Waals surface area contributed by atoms with Crippen LogP contribution in [0.1, 0.15) is 82.3 Å². The smallest absolute Gasteiger partial charge is 0.143 e. The summed E-state index contributed by atoms with van der Waals surface area (Å²) in [6, 6.07) is 11.9. The van der Waals surface area contributed by atoms with E-state index < -0.39 is 0 Å². The highest BCUT2D eigenvalue weighted by Crippen LogP contribution is 2.24. The number of hydrogen-bond acceptors (Lipinski definition) is 3. The molecule has 0 saturated heterocycles. The van der Waals surface area contributed by atoms with Gasteiger partial charge in [-0.15, -0.1) is 15.0 Å². The van der Waals surface area contributed by atoms with Crippen LogP contribution in [0.5, 0.6) is 5.75 Å². The largest absolute Gasteiger partial charge is 0.506 e. The first kappa shape index (κ1) is 21.4. The van der Waals surface area contributed by atoms with E-state index in [4.69, 9.17) is 0 Å². The van der Waals surface area contributed by atoms with Crippen LogP contribution in [-0.2, 0) is 6.42 Å². The van der Waals surface area contributed by atoms with E-state index in [1.54, 1.807) is 0 Å². The molecule has 0 saturated carbocycles. The van der Waals surface area contributed by atoms with Gasteiger partial charge in [-0.1, -0.05) is 76.8 Å². The van der Waals surface area contributed by atoms with Crippen molar-refractivity contribution in [3.63, 3.8) is 0 Å². The Morgan fingerprint density at radius 1 is 0.759 bits per heavy atom. The minimum Gasteiger partial charge on any atom is -0.506 e. The average Bonchev–Trinajstić information content (AvgIpc) is 3.12. The van der Waals surface area contributed by atoms with Gasteiger partial charge in [0.15, 0.2) is 0 Å². The highest BCUT2D eigenvalue weighted by Gasteiger charge is 2.09. The molecule has 1 N–H and O–H groups in total. The summed E-state index contributed by atoms with van der Waals surface area (Å²) in [4.78, 5) is 1.53. The van der Waals surface area contributed by atoms with E-state index >= 15 is 0 Å². The maximum absolute atomic E-state index is 10.5. The Labute approximate surface area is 175 Å². The molecule has 0 unspecified atom stereocenters. The molecule has 0 radical (unpaired) electrons. The number of aryl methyl sites for hydroxylation is 2. The molecule has 3 aromatic rings. The fourth-order valence-corrected chi connectivity index (χ4v) is 3.84. The highest BCUT2D eigenvalue weighted by molar-refractivity contribution is 5.74. The molecule has 156 valence electrons. The number of unbranched alkanes of at least 4 members (excludes halogenated alkanes) is 9. The molecular weight excluding hydrogens is 358 g/mol. The van der Waals surface area contributed by atoms with E-state index in [9.17, 15) is 5.11 Å². The van der Waals surface area contributed by atoms with Gasteiger partial charge in [0.25, 0.3) is 0 Å². The molecule has 0 fully saturated rings. The molecule has 3 rings (SSSR count). The molecule has 0 atom stereocenters. The zero-order valence-corrected chi connectivity index (χ0v) is 18.0. The highest BCUT2D eigenvalue weighted by atomic mass is 16.3. The van der Waals surface area contributed by atoms with Gasteiger partial charge >= 0.3 is 0 Å². The molecule has 4 heteroatoms. The normalized spacial score (nSPS) is 11.4. The summed E-state index contributed by atoms with van der Waals surface area (Å²) in [5.74, 6) is 0.242.